The Morgan fingerprint density at radius 1 is 0.667 bits per heavy atom. The Morgan fingerprint density at radius 2 is 1.27 bits per heavy atom. The highest BCUT2D eigenvalue weighted by Crippen LogP contribution is 2.38. The Kier molecular flexibility index (Phi) is 5.00. The maximum atomic E-state index is 5.28. The first kappa shape index (κ1) is 18.5. The Labute approximate surface area is 176 Å². The summed E-state index contributed by atoms with van der Waals surface area (Å²) in [5.74, 6) is 0. The van der Waals surface area contributed by atoms with Crippen LogP contribution in [-0.4, -0.2) is 17.4 Å². The van der Waals surface area contributed by atoms with E-state index < -0.39 is 7.92 Å². The smallest absolute Gasteiger partial charge is 0.189 e. The molecule has 4 aromatic carbocycles. The molecular formula is C25H20N3OP. The predicted octanol–water partition coefficient (Wildman–Crippen LogP) is 4.75. The summed E-state index contributed by atoms with van der Waals surface area (Å²) in [4.78, 5) is 2.18. The average Bonchev–Trinajstić information content (AvgIpc) is 3.30. The monoisotopic (exact) mass is 409 g/mol. The van der Waals surface area contributed by atoms with Crippen LogP contribution >= 0.6 is 7.92 Å². The van der Waals surface area contributed by atoms with Gasteiger partial charge in [-0.1, -0.05) is 84.9 Å². The highest BCUT2D eigenvalue weighted by Gasteiger charge is 2.22. The summed E-state index contributed by atoms with van der Waals surface area (Å²) in [7, 11) is 1.35. The van der Waals surface area contributed by atoms with E-state index in [0.717, 1.165) is 16.9 Å². The molecule has 5 aromatic rings. The summed E-state index contributed by atoms with van der Waals surface area (Å²) >= 11 is 0. The summed E-state index contributed by atoms with van der Waals surface area (Å²) < 4.78 is 5.28. The van der Waals surface area contributed by atoms with Gasteiger partial charge in [-0.3, -0.25) is 0 Å². The van der Waals surface area contributed by atoms with E-state index in [1.807, 2.05) is 12.1 Å². The van der Waals surface area contributed by atoms with Crippen LogP contribution in [0.25, 0.3) is 11.1 Å². The number of para-hydroxylation sites is 1. The lowest BCUT2D eigenvalue weighted by Gasteiger charge is -2.27. The van der Waals surface area contributed by atoms with Crippen LogP contribution in [0.1, 0.15) is 0 Å². The molecule has 0 radical (unpaired) electrons. The van der Waals surface area contributed by atoms with E-state index in [9.17, 15) is 0 Å². The van der Waals surface area contributed by atoms with E-state index in [4.69, 9.17) is 4.52 Å². The molecular weight excluding hydrogens is 389 g/mol. The van der Waals surface area contributed by atoms with Gasteiger partial charge in [-0.15, -0.1) is 5.10 Å². The number of hydrogen-bond acceptors (Lipinski definition) is 4. The highest BCUT2D eigenvalue weighted by atomic mass is 31.1. The molecule has 0 saturated heterocycles. The van der Waals surface area contributed by atoms with E-state index in [1.165, 1.54) is 15.9 Å². The van der Waals surface area contributed by atoms with Gasteiger partial charge in [-0.2, -0.15) is 0 Å². The van der Waals surface area contributed by atoms with Crippen molar-refractivity contribution in [2.75, 3.05) is 11.9 Å². The molecule has 5 heteroatoms. The molecule has 0 aliphatic heterocycles. The lowest BCUT2D eigenvalue weighted by Crippen LogP contribution is -2.25. The molecule has 0 aliphatic carbocycles. The lowest BCUT2D eigenvalue weighted by atomic mass is 10.2. The molecule has 146 valence electrons. The number of rotatable bonds is 5. The SMILES string of the molecule is CN(c1ccccc1P(c1ccccc1)c1ccccc1)c1cccc2onnc12. The molecule has 1 aromatic heterocycles. The number of anilines is 2. The molecule has 0 atom stereocenters. The van der Waals surface area contributed by atoms with Crippen LogP contribution in [0, 0.1) is 0 Å². The minimum absolute atomic E-state index is 0.685. The second kappa shape index (κ2) is 8.10. The molecule has 0 fully saturated rings. The van der Waals surface area contributed by atoms with Crippen LogP contribution in [0.4, 0.5) is 11.4 Å². The van der Waals surface area contributed by atoms with Crippen molar-refractivity contribution < 1.29 is 4.52 Å². The van der Waals surface area contributed by atoms with Gasteiger partial charge in [0.25, 0.3) is 0 Å². The highest BCUT2D eigenvalue weighted by molar-refractivity contribution is 7.80. The molecule has 0 bridgehead atoms. The standard InChI is InChI=1S/C25H20N3OP/c1-28(22-16-10-17-23-25(22)26-27-29-23)21-15-8-9-18-24(21)30(19-11-4-2-5-12-19)20-13-6-3-7-14-20/h2-18H,1H3. The number of fused-ring (bicyclic) bond motifs is 1. The van der Waals surface area contributed by atoms with Crippen LogP contribution in [0.2, 0.25) is 0 Å². The molecule has 1 heterocycles. The van der Waals surface area contributed by atoms with Crippen LogP contribution in [0.5, 0.6) is 0 Å². The first-order valence-corrected chi connectivity index (χ1v) is 11.1. The zero-order chi connectivity index (χ0) is 20.3. The third-order valence-electron chi connectivity index (χ3n) is 5.13. The summed E-state index contributed by atoms with van der Waals surface area (Å²) in [6, 6.07) is 36.0. The topological polar surface area (TPSA) is 42.2 Å². The molecule has 0 aliphatic rings. The fourth-order valence-corrected chi connectivity index (χ4v) is 6.19. The van der Waals surface area contributed by atoms with Gasteiger partial charge in [0.15, 0.2) is 11.1 Å². The zero-order valence-corrected chi connectivity index (χ0v) is 17.4. The molecule has 0 unspecified atom stereocenters. The minimum atomic E-state index is -0.723. The molecule has 4 nitrogen and oxygen atoms in total. The normalized spacial score (nSPS) is 11.1. The Hall–Kier alpha value is -3.49. The van der Waals surface area contributed by atoms with Crippen molar-refractivity contribution in [1.82, 2.24) is 10.4 Å². The zero-order valence-electron chi connectivity index (χ0n) is 16.5. The first-order chi connectivity index (χ1) is 14.8. The molecule has 30 heavy (non-hydrogen) atoms. The maximum Gasteiger partial charge on any atom is 0.189 e. The van der Waals surface area contributed by atoms with Gasteiger partial charge in [-0.25, -0.2) is 0 Å². The van der Waals surface area contributed by atoms with E-state index >= 15 is 0 Å². The first-order valence-electron chi connectivity index (χ1n) is 9.77. The van der Waals surface area contributed by atoms with Crippen LogP contribution in [0.15, 0.2) is 108 Å². The Bertz CT molecular complexity index is 1230. The molecule has 0 amide bonds. The largest absolute Gasteiger partial charge is 0.342 e. The van der Waals surface area contributed by atoms with Crippen molar-refractivity contribution in [2.45, 2.75) is 0 Å². The van der Waals surface area contributed by atoms with Gasteiger partial charge in [-0.05, 0) is 36.7 Å². The molecule has 5 rings (SSSR count). The molecule has 0 N–H and O–H groups in total. The fourth-order valence-electron chi connectivity index (χ4n) is 3.71. The number of hydrogen-bond donors (Lipinski definition) is 0. The number of nitrogens with zero attached hydrogens (tertiary/aromatic N) is 3. The van der Waals surface area contributed by atoms with E-state index in [2.05, 4.69) is 113 Å². The van der Waals surface area contributed by atoms with Crippen molar-refractivity contribution >= 4 is 46.3 Å². The van der Waals surface area contributed by atoms with Gasteiger partial charge in [0.2, 0.25) is 0 Å². The summed E-state index contributed by atoms with van der Waals surface area (Å²) in [5.41, 5.74) is 3.56. The van der Waals surface area contributed by atoms with E-state index in [1.54, 1.807) is 0 Å². The summed E-state index contributed by atoms with van der Waals surface area (Å²) in [6.45, 7) is 0. The number of benzene rings is 4. The van der Waals surface area contributed by atoms with Crippen molar-refractivity contribution in [3.8, 4) is 0 Å². The predicted molar refractivity (Wildman–Crippen MR) is 125 cm³/mol. The van der Waals surface area contributed by atoms with Crippen LogP contribution < -0.4 is 20.8 Å². The fraction of sp³-hybridized carbons (Fsp3) is 0.0400. The molecule has 0 saturated carbocycles. The average molecular weight is 409 g/mol. The maximum absolute atomic E-state index is 5.28. The second-order valence-corrected chi connectivity index (χ2v) is 9.14. The minimum Gasteiger partial charge on any atom is -0.342 e. The third-order valence-corrected chi connectivity index (χ3v) is 7.62. The number of aromatic nitrogens is 2. The summed E-state index contributed by atoms with van der Waals surface area (Å²) in [6.07, 6.45) is 0. The van der Waals surface area contributed by atoms with Crippen molar-refractivity contribution in [3.05, 3.63) is 103 Å². The Balaban J connectivity index is 1.69. The van der Waals surface area contributed by atoms with Crippen molar-refractivity contribution in [1.29, 1.82) is 0 Å². The van der Waals surface area contributed by atoms with Gasteiger partial charge in [0.05, 0.1) is 5.69 Å². The quantitative estimate of drug-likeness (QED) is 0.393. The lowest BCUT2D eigenvalue weighted by molar-refractivity contribution is 0.424. The van der Waals surface area contributed by atoms with Gasteiger partial charge >= 0.3 is 0 Å². The van der Waals surface area contributed by atoms with Gasteiger partial charge < -0.3 is 9.42 Å². The van der Waals surface area contributed by atoms with Gasteiger partial charge in [0.1, 0.15) is 0 Å². The summed E-state index contributed by atoms with van der Waals surface area (Å²) in [5, 5.41) is 11.9. The van der Waals surface area contributed by atoms with E-state index in [0.29, 0.717) is 5.58 Å². The van der Waals surface area contributed by atoms with Crippen LogP contribution in [-0.2, 0) is 0 Å². The van der Waals surface area contributed by atoms with Crippen molar-refractivity contribution in [2.24, 2.45) is 0 Å². The molecule has 0 spiro atoms. The Morgan fingerprint density at radius 3 is 1.97 bits per heavy atom. The third kappa shape index (κ3) is 3.36. The second-order valence-electron chi connectivity index (χ2n) is 6.95. The van der Waals surface area contributed by atoms with Crippen LogP contribution in [0.3, 0.4) is 0 Å². The van der Waals surface area contributed by atoms with Gasteiger partial charge in [0, 0.05) is 23.3 Å². The van der Waals surface area contributed by atoms with E-state index in [-0.39, 0.29) is 0 Å². The van der Waals surface area contributed by atoms with Crippen molar-refractivity contribution in [3.63, 3.8) is 0 Å².